The number of nitrogens with zero attached hydrogens (tertiary/aromatic N) is 2. The Kier molecular flexibility index (Phi) is 4.77. The molecular weight excluding hydrogens is 350 g/mol. The minimum atomic E-state index is -0.500. The number of benzene rings is 1. The van der Waals surface area contributed by atoms with Crippen LogP contribution < -0.4 is 16.6 Å². The average Bonchev–Trinajstić information content (AvgIpc) is 2.50. The highest BCUT2D eigenvalue weighted by atomic mass is 79.9. The third-order valence-corrected chi connectivity index (χ3v) is 3.60. The van der Waals surface area contributed by atoms with E-state index >= 15 is 0 Å². The van der Waals surface area contributed by atoms with Gasteiger partial charge < -0.3 is 5.32 Å². The molecular formula is C15H14BrN3O3. The number of rotatable bonds is 3. The van der Waals surface area contributed by atoms with Crippen molar-refractivity contribution < 1.29 is 4.79 Å². The van der Waals surface area contributed by atoms with Gasteiger partial charge in [-0.25, -0.2) is 4.79 Å². The first-order chi connectivity index (χ1) is 10.4. The standard InChI is InChI=1S/C15H14BrN3O3/c1-18-12(9-14(21)19(2)15(18)22)17-13(20)8-5-10-3-6-11(16)7-4-10/h3-9H,1-2H3,(H,17,20)/b8-5+. The number of anilines is 1. The number of hydrogen-bond donors (Lipinski definition) is 1. The van der Waals surface area contributed by atoms with E-state index in [0.29, 0.717) is 0 Å². The minimum Gasteiger partial charge on any atom is -0.308 e. The lowest BCUT2D eigenvalue weighted by Crippen LogP contribution is -2.37. The SMILES string of the molecule is Cn1c(NC(=O)/C=C/c2ccc(Br)cc2)cc(=O)n(C)c1=O. The number of amides is 1. The van der Waals surface area contributed by atoms with Gasteiger partial charge in [-0.2, -0.15) is 0 Å². The molecule has 0 spiro atoms. The Bertz CT molecular complexity index is 848. The van der Waals surface area contributed by atoms with Crippen molar-refractivity contribution in [3.63, 3.8) is 0 Å². The lowest BCUT2D eigenvalue weighted by Gasteiger charge is -2.09. The number of carbonyl (C=O) groups excluding carboxylic acids is 1. The Morgan fingerprint density at radius 1 is 1.14 bits per heavy atom. The number of carbonyl (C=O) groups is 1. The molecule has 7 heteroatoms. The quantitative estimate of drug-likeness (QED) is 0.839. The van der Waals surface area contributed by atoms with Crippen LogP contribution in [0.1, 0.15) is 5.56 Å². The molecule has 1 aromatic heterocycles. The lowest BCUT2D eigenvalue weighted by atomic mass is 10.2. The van der Waals surface area contributed by atoms with Crippen LogP contribution in [0.2, 0.25) is 0 Å². The maximum absolute atomic E-state index is 11.9. The zero-order valence-electron chi connectivity index (χ0n) is 12.0. The predicted octanol–water partition coefficient (Wildman–Crippen LogP) is 1.50. The van der Waals surface area contributed by atoms with E-state index in [1.165, 1.54) is 30.8 Å². The van der Waals surface area contributed by atoms with Crippen LogP contribution in [0, 0.1) is 0 Å². The third-order valence-electron chi connectivity index (χ3n) is 3.07. The molecule has 0 saturated heterocycles. The summed E-state index contributed by atoms with van der Waals surface area (Å²) in [5, 5.41) is 2.52. The molecule has 0 radical (unpaired) electrons. The average molecular weight is 364 g/mol. The summed E-state index contributed by atoms with van der Waals surface area (Å²) in [7, 11) is 2.86. The topological polar surface area (TPSA) is 73.1 Å². The molecule has 0 unspecified atom stereocenters. The van der Waals surface area contributed by atoms with Gasteiger partial charge in [-0.1, -0.05) is 28.1 Å². The molecule has 0 bridgehead atoms. The summed E-state index contributed by atoms with van der Waals surface area (Å²) in [6, 6.07) is 8.63. The van der Waals surface area contributed by atoms with Gasteiger partial charge in [0.25, 0.3) is 5.56 Å². The minimum absolute atomic E-state index is 0.151. The van der Waals surface area contributed by atoms with Gasteiger partial charge in [0.05, 0.1) is 0 Å². The summed E-state index contributed by atoms with van der Waals surface area (Å²) >= 11 is 3.33. The molecule has 1 aromatic carbocycles. The second-order valence-electron chi connectivity index (χ2n) is 4.64. The van der Waals surface area contributed by atoms with Gasteiger partial charge in [0, 0.05) is 30.7 Å². The van der Waals surface area contributed by atoms with Crippen LogP contribution in [-0.2, 0) is 18.9 Å². The first-order valence-electron chi connectivity index (χ1n) is 6.40. The maximum Gasteiger partial charge on any atom is 0.332 e. The summed E-state index contributed by atoms with van der Waals surface area (Å²) in [6.07, 6.45) is 2.98. The lowest BCUT2D eigenvalue weighted by molar-refractivity contribution is -0.111. The highest BCUT2D eigenvalue weighted by molar-refractivity contribution is 9.10. The predicted molar refractivity (Wildman–Crippen MR) is 88.7 cm³/mol. The summed E-state index contributed by atoms with van der Waals surface area (Å²) < 4.78 is 3.12. The Labute approximate surface area is 134 Å². The zero-order valence-corrected chi connectivity index (χ0v) is 13.6. The molecule has 2 rings (SSSR count). The van der Waals surface area contributed by atoms with Crippen molar-refractivity contribution in [3.8, 4) is 0 Å². The number of hydrogen-bond acceptors (Lipinski definition) is 3. The van der Waals surface area contributed by atoms with Crippen LogP contribution in [0.4, 0.5) is 5.82 Å². The Morgan fingerprint density at radius 3 is 2.41 bits per heavy atom. The van der Waals surface area contributed by atoms with Crippen LogP contribution in [0.25, 0.3) is 6.08 Å². The fourth-order valence-electron chi connectivity index (χ4n) is 1.77. The van der Waals surface area contributed by atoms with E-state index < -0.39 is 17.2 Å². The van der Waals surface area contributed by atoms with E-state index in [0.717, 1.165) is 14.6 Å². The fourth-order valence-corrected chi connectivity index (χ4v) is 2.03. The molecule has 0 aliphatic heterocycles. The van der Waals surface area contributed by atoms with Crippen LogP contribution >= 0.6 is 15.9 Å². The van der Waals surface area contributed by atoms with E-state index in [1.54, 1.807) is 6.08 Å². The fraction of sp³-hybridized carbons (Fsp3) is 0.133. The van der Waals surface area contributed by atoms with Gasteiger partial charge in [-0.15, -0.1) is 0 Å². The van der Waals surface area contributed by atoms with Crippen LogP contribution in [-0.4, -0.2) is 15.0 Å². The van der Waals surface area contributed by atoms with Crippen molar-refractivity contribution in [2.75, 3.05) is 5.32 Å². The molecule has 0 aliphatic rings. The van der Waals surface area contributed by atoms with E-state index in [-0.39, 0.29) is 5.82 Å². The smallest absolute Gasteiger partial charge is 0.308 e. The van der Waals surface area contributed by atoms with Crippen molar-refractivity contribution in [3.05, 3.63) is 67.3 Å². The van der Waals surface area contributed by atoms with E-state index in [1.807, 2.05) is 24.3 Å². The summed E-state index contributed by atoms with van der Waals surface area (Å²) in [6.45, 7) is 0. The van der Waals surface area contributed by atoms with Crippen LogP contribution in [0.3, 0.4) is 0 Å². The number of nitrogens with one attached hydrogen (secondary N) is 1. The first kappa shape index (κ1) is 16.0. The summed E-state index contributed by atoms with van der Waals surface area (Å²) in [5.74, 6) is -0.273. The molecule has 114 valence electrons. The summed E-state index contributed by atoms with van der Waals surface area (Å²) in [5.41, 5.74) is -0.119. The Morgan fingerprint density at radius 2 is 1.77 bits per heavy atom. The molecule has 0 saturated carbocycles. The molecule has 1 amide bonds. The van der Waals surface area contributed by atoms with Gasteiger partial charge >= 0.3 is 5.69 Å². The van der Waals surface area contributed by atoms with Crippen molar-refractivity contribution in [2.24, 2.45) is 14.1 Å². The highest BCUT2D eigenvalue weighted by Gasteiger charge is 2.07. The molecule has 1 heterocycles. The molecule has 0 atom stereocenters. The van der Waals surface area contributed by atoms with Crippen molar-refractivity contribution in [1.82, 2.24) is 9.13 Å². The Balaban J connectivity index is 2.18. The van der Waals surface area contributed by atoms with Gasteiger partial charge in [-0.3, -0.25) is 18.7 Å². The molecule has 22 heavy (non-hydrogen) atoms. The molecule has 1 N–H and O–H groups in total. The Hall–Kier alpha value is -2.41. The van der Waals surface area contributed by atoms with Gasteiger partial charge in [0.2, 0.25) is 5.91 Å². The van der Waals surface area contributed by atoms with Gasteiger partial charge in [0.1, 0.15) is 5.82 Å². The molecule has 6 nitrogen and oxygen atoms in total. The highest BCUT2D eigenvalue weighted by Crippen LogP contribution is 2.11. The van der Waals surface area contributed by atoms with Crippen molar-refractivity contribution in [2.45, 2.75) is 0 Å². The molecule has 0 aliphatic carbocycles. The zero-order chi connectivity index (χ0) is 16.3. The molecule has 0 fully saturated rings. The van der Waals surface area contributed by atoms with E-state index in [9.17, 15) is 14.4 Å². The first-order valence-corrected chi connectivity index (χ1v) is 7.19. The van der Waals surface area contributed by atoms with Crippen LogP contribution in [0.15, 0.2) is 50.5 Å². The second kappa shape index (κ2) is 6.57. The second-order valence-corrected chi connectivity index (χ2v) is 5.56. The largest absolute Gasteiger partial charge is 0.332 e. The maximum atomic E-state index is 11.9. The van der Waals surface area contributed by atoms with Crippen molar-refractivity contribution in [1.29, 1.82) is 0 Å². The van der Waals surface area contributed by atoms with Crippen LogP contribution in [0.5, 0.6) is 0 Å². The number of aromatic nitrogens is 2. The van der Waals surface area contributed by atoms with E-state index in [4.69, 9.17) is 0 Å². The number of halogens is 1. The van der Waals surface area contributed by atoms with E-state index in [2.05, 4.69) is 21.2 Å². The monoisotopic (exact) mass is 363 g/mol. The third kappa shape index (κ3) is 3.62. The molecule has 2 aromatic rings. The summed E-state index contributed by atoms with van der Waals surface area (Å²) in [4.78, 5) is 35.2. The normalized spacial score (nSPS) is 10.9. The van der Waals surface area contributed by atoms with Gasteiger partial charge in [0.15, 0.2) is 0 Å². The van der Waals surface area contributed by atoms with Crippen molar-refractivity contribution >= 4 is 33.7 Å². The van der Waals surface area contributed by atoms with Gasteiger partial charge in [-0.05, 0) is 23.8 Å².